The zero-order valence-electron chi connectivity index (χ0n) is 17.2. The molecule has 0 bridgehead atoms. The van der Waals surface area contributed by atoms with Crippen molar-refractivity contribution in [1.82, 2.24) is 14.6 Å². The molecular formula is C19H24ClN3O6S2. The molecule has 1 aliphatic rings. The summed E-state index contributed by atoms with van der Waals surface area (Å²) < 4.78 is 37.0. The number of carbonyl (C=O) groups is 2. The number of thiazole rings is 1. The molecule has 0 aliphatic carbocycles. The molecule has 31 heavy (non-hydrogen) atoms. The number of halogens is 1. The first-order valence-electron chi connectivity index (χ1n) is 9.73. The Kier molecular flexibility index (Phi) is 7.73. The fourth-order valence-corrected chi connectivity index (χ4v) is 5.32. The molecule has 0 saturated carbocycles. The second kappa shape index (κ2) is 10.1. The minimum atomic E-state index is -4.30. The van der Waals surface area contributed by atoms with Gasteiger partial charge in [0.05, 0.1) is 10.6 Å². The lowest BCUT2D eigenvalue weighted by atomic mass is 10.1. The van der Waals surface area contributed by atoms with Crippen LogP contribution >= 0.6 is 22.9 Å². The lowest BCUT2D eigenvalue weighted by Gasteiger charge is -2.15. The smallest absolute Gasteiger partial charge is 0.297 e. The number of methoxy groups -OCH3 is 1. The Labute approximate surface area is 189 Å². The Hall–Kier alpha value is -1.95. The van der Waals surface area contributed by atoms with Crippen LogP contribution < -0.4 is 4.72 Å². The van der Waals surface area contributed by atoms with Gasteiger partial charge in [-0.3, -0.25) is 9.59 Å². The van der Waals surface area contributed by atoms with E-state index in [0.717, 1.165) is 23.9 Å². The summed E-state index contributed by atoms with van der Waals surface area (Å²) in [6.45, 7) is 2.96. The largest absolute Gasteiger partial charge is 0.430 e. The highest BCUT2D eigenvalue weighted by Gasteiger charge is 2.32. The molecule has 2 atom stereocenters. The van der Waals surface area contributed by atoms with E-state index in [0.29, 0.717) is 26.1 Å². The number of hydrogen-bond donors (Lipinski definition) is 1. The van der Waals surface area contributed by atoms with Crippen molar-refractivity contribution < 1.29 is 27.2 Å². The van der Waals surface area contributed by atoms with Crippen molar-refractivity contribution in [1.29, 1.82) is 0 Å². The molecule has 0 spiro atoms. The molecule has 1 fully saturated rings. The number of carbonyl (C=O) groups excluding carboxylic acids is 2. The van der Waals surface area contributed by atoms with Crippen LogP contribution in [0.1, 0.15) is 35.1 Å². The van der Waals surface area contributed by atoms with E-state index in [1.165, 1.54) is 7.11 Å². The van der Waals surface area contributed by atoms with Crippen LogP contribution in [0, 0.1) is 11.8 Å². The summed E-state index contributed by atoms with van der Waals surface area (Å²) in [5, 5.41) is 2.03. The molecule has 0 radical (unpaired) electrons. The molecule has 3 heterocycles. The first kappa shape index (κ1) is 23.7. The highest BCUT2D eigenvalue weighted by Crippen LogP contribution is 2.29. The topological polar surface area (TPSA) is 119 Å². The maximum Gasteiger partial charge on any atom is 0.297 e. The van der Waals surface area contributed by atoms with Gasteiger partial charge in [0.2, 0.25) is 16.2 Å². The lowest BCUT2D eigenvalue weighted by molar-refractivity contribution is -0.123. The van der Waals surface area contributed by atoms with E-state index in [1.54, 1.807) is 29.4 Å². The first-order valence-corrected chi connectivity index (χ1v) is 12.5. The van der Waals surface area contributed by atoms with E-state index in [2.05, 4.69) is 4.98 Å². The predicted molar refractivity (Wildman–Crippen MR) is 115 cm³/mol. The van der Waals surface area contributed by atoms with Crippen molar-refractivity contribution in [3.63, 3.8) is 0 Å². The van der Waals surface area contributed by atoms with Gasteiger partial charge in [0.15, 0.2) is 0 Å². The predicted octanol–water partition coefficient (Wildman–Crippen LogP) is 2.57. The second-order valence-corrected chi connectivity index (χ2v) is 10.4. The number of likely N-dealkylation sites (tertiary alicyclic amines) is 1. The van der Waals surface area contributed by atoms with Crippen molar-refractivity contribution in [2.75, 3.05) is 26.8 Å². The van der Waals surface area contributed by atoms with Gasteiger partial charge in [-0.25, -0.2) is 9.71 Å². The molecule has 170 valence electrons. The highest BCUT2D eigenvalue weighted by atomic mass is 35.5. The Morgan fingerprint density at radius 3 is 2.94 bits per heavy atom. The fourth-order valence-electron chi connectivity index (χ4n) is 3.29. The van der Waals surface area contributed by atoms with Crippen molar-refractivity contribution in [2.45, 2.75) is 31.3 Å². The van der Waals surface area contributed by atoms with Gasteiger partial charge in [-0.2, -0.15) is 8.42 Å². The van der Waals surface area contributed by atoms with Crippen LogP contribution in [0.25, 0.3) is 0 Å². The highest BCUT2D eigenvalue weighted by molar-refractivity contribution is 7.89. The van der Waals surface area contributed by atoms with Crippen LogP contribution in [0.15, 0.2) is 27.2 Å². The maximum absolute atomic E-state index is 12.9. The number of aromatic nitrogens is 1. The third-order valence-electron chi connectivity index (χ3n) is 5.12. The third-order valence-corrected chi connectivity index (χ3v) is 7.40. The molecule has 0 aromatic carbocycles. The van der Waals surface area contributed by atoms with Crippen LogP contribution in [0.2, 0.25) is 5.22 Å². The summed E-state index contributed by atoms with van der Waals surface area (Å²) in [6.07, 6.45) is 3.72. The number of rotatable bonds is 9. The van der Waals surface area contributed by atoms with Crippen LogP contribution in [0.3, 0.4) is 0 Å². The zero-order chi connectivity index (χ0) is 22.6. The number of hydrogen-bond acceptors (Lipinski definition) is 8. The summed E-state index contributed by atoms with van der Waals surface area (Å²) in [6, 6.07) is 1.06. The van der Waals surface area contributed by atoms with Crippen molar-refractivity contribution in [2.24, 2.45) is 11.8 Å². The van der Waals surface area contributed by atoms with Crippen molar-refractivity contribution in [3.8, 4) is 0 Å². The quantitative estimate of drug-likeness (QED) is 0.574. The molecule has 12 heteroatoms. The van der Waals surface area contributed by atoms with Gasteiger partial charge in [-0.1, -0.05) is 6.92 Å². The molecule has 2 unspecified atom stereocenters. The van der Waals surface area contributed by atoms with E-state index in [1.807, 2.05) is 10.1 Å². The van der Waals surface area contributed by atoms with Gasteiger partial charge >= 0.3 is 0 Å². The van der Waals surface area contributed by atoms with Gasteiger partial charge in [0, 0.05) is 56.8 Å². The monoisotopic (exact) mass is 489 g/mol. The third kappa shape index (κ3) is 5.85. The lowest BCUT2D eigenvalue weighted by Crippen LogP contribution is -2.35. The van der Waals surface area contributed by atoms with E-state index in [9.17, 15) is 18.0 Å². The average molecular weight is 490 g/mol. The van der Waals surface area contributed by atoms with Gasteiger partial charge in [0.25, 0.3) is 15.9 Å². The van der Waals surface area contributed by atoms with Gasteiger partial charge in [0.1, 0.15) is 0 Å². The summed E-state index contributed by atoms with van der Waals surface area (Å²) in [4.78, 5) is 30.9. The number of nitrogens with one attached hydrogen (secondary N) is 1. The maximum atomic E-state index is 12.9. The molecule has 1 N–H and O–H groups in total. The average Bonchev–Trinajstić information content (AvgIpc) is 3.47. The van der Waals surface area contributed by atoms with Crippen molar-refractivity contribution in [3.05, 3.63) is 33.4 Å². The Bertz CT molecular complexity index is 1020. The van der Waals surface area contributed by atoms with Crippen LogP contribution in [-0.2, 0) is 26.0 Å². The molecular weight excluding hydrogens is 466 g/mol. The fraction of sp³-hybridized carbons (Fsp3) is 0.526. The number of ether oxygens (including phenoxy) is 1. The van der Waals surface area contributed by atoms with Gasteiger partial charge < -0.3 is 14.1 Å². The van der Waals surface area contributed by atoms with Crippen LogP contribution in [0.5, 0.6) is 0 Å². The van der Waals surface area contributed by atoms with E-state index >= 15 is 0 Å². The molecule has 3 rings (SSSR count). The second-order valence-electron chi connectivity index (χ2n) is 7.44. The number of sulfonamides is 1. The Morgan fingerprint density at radius 2 is 2.26 bits per heavy atom. The summed E-state index contributed by atoms with van der Waals surface area (Å²) in [5.41, 5.74) is -0.0446. The van der Waals surface area contributed by atoms with E-state index in [-0.39, 0.29) is 16.7 Å². The summed E-state index contributed by atoms with van der Waals surface area (Å²) in [7, 11) is -2.81. The summed E-state index contributed by atoms with van der Waals surface area (Å²) in [5.74, 6) is -1.41. The van der Waals surface area contributed by atoms with Crippen LogP contribution in [-0.4, -0.2) is 56.9 Å². The van der Waals surface area contributed by atoms with E-state index < -0.39 is 32.8 Å². The standard InChI is InChI=1S/C19H24ClN3O6S2/c1-12(4-7-28-2)18(24)22-31(26,27)16-10-14(17(20)29-16)19(25)23-6-3-13(11-23)9-15-21-5-8-30-15/h5,8,10,12-13H,3-4,6-7,9,11H2,1-2H3,(H,22,24). The normalized spacial score (nSPS) is 17.6. The van der Waals surface area contributed by atoms with Gasteiger partial charge in [-0.15, -0.1) is 11.3 Å². The van der Waals surface area contributed by atoms with Crippen LogP contribution in [0.4, 0.5) is 0 Å². The molecule has 1 aliphatic heterocycles. The Balaban J connectivity index is 1.65. The molecule has 2 amide bonds. The van der Waals surface area contributed by atoms with Gasteiger partial charge in [-0.05, 0) is 30.4 Å². The first-order chi connectivity index (χ1) is 14.7. The number of amides is 2. The SMILES string of the molecule is COCCC(C)C(=O)NS(=O)(=O)c1cc(C(=O)N2CCC(Cc3nccs3)C2)c(Cl)o1. The Morgan fingerprint density at radius 1 is 1.48 bits per heavy atom. The molecule has 9 nitrogen and oxygen atoms in total. The van der Waals surface area contributed by atoms with E-state index in [4.69, 9.17) is 20.8 Å². The number of nitrogens with zero attached hydrogens (tertiary/aromatic N) is 2. The number of furan rings is 1. The molecule has 2 aromatic heterocycles. The summed E-state index contributed by atoms with van der Waals surface area (Å²) >= 11 is 7.60. The molecule has 2 aromatic rings. The molecule has 1 saturated heterocycles. The zero-order valence-corrected chi connectivity index (χ0v) is 19.6. The minimum Gasteiger partial charge on any atom is -0.430 e. The van der Waals surface area contributed by atoms with Crippen molar-refractivity contribution >= 4 is 44.8 Å². The minimum absolute atomic E-state index is 0.0446.